The Bertz CT molecular complexity index is 438. The lowest BCUT2D eigenvalue weighted by Crippen LogP contribution is -2.59. The van der Waals surface area contributed by atoms with Gasteiger partial charge in [0.15, 0.2) is 0 Å². The molecule has 0 spiro atoms. The molecular formula is C17H29N3. The number of aromatic nitrogens is 1. The van der Waals surface area contributed by atoms with Gasteiger partial charge in [0.1, 0.15) is 0 Å². The summed E-state index contributed by atoms with van der Waals surface area (Å²) in [6, 6.07) is 4.41. The van der Waals surface area contributed by atoms with Gasteiger partial charge >= 0.3 is 0 Å². The van der Waals surface area contributed by atoms with E-state index in [9.17, 15) is 0 Å². The summed E-state index contributed by atoms with van der Waals surface area (Å²) < 4.78 is 0. The third kappa shape index (κ3) is 2.49. The molecule has 2 rings (SSSR count). The van der Waals surface area contributed by atoms with Crippen molar-refractivity contribution in [3.8, 4) is 0 Å². The fourth-order valence-electron chi connectivity index (χ4n) is 4.02. The van der Waals surface area contributed by atoms with Crippen LogP contribution in [0.5, 0.6) is 0 Å². The Balaban J connectivity index is 2.36. The average molecular weight is 275 g/mol. The molecule has 0 saturated heterocycles. The van der Waals surface area contributed by atoms with Gasteiger partial charge in [-0.2, -0.15) is 0 Å². The molecule has 0 radical (unpaired) electrons. The molecule has 112 valence electrons. The Morgan fingerprint density at radius 1 is 1.40 bits per heavy atom. The number of pyridine rings is 1. The second kappa shape index (κ2) is 6.23. The largest absolute Gasteiger partial charge is 0.326 e. The molecule has 2 atom stereocenters. The van der Waals surface area contributed by atoms with Crippen LogP contribution in [0.2, 0.25) is 0 Å². The fraction of sp³-hybridized carbons (Fsp3) is 0.706. The summed E-state index contributed by atoms with van der Waals surface area (Å²) in [5.74, 6) is 0.391. The molecule has 0 aliphatic heterocycles. The van der Waals surface area contributed by atoms with E-state index in [1.807, 2.05) is 12.3 Å². The fourth-order valence-corrected chi connectivity index (χ4v) is 4.02. The number of hydrogen-bond donors (Lipinski definition) is 1. The maximum Gasteiger partial charge on any atom is 0.0482 e. The molecule has 0 saturated carbocycles. The molecule has 0 fully saturated rings. The SMILES string of the molecule is CCC(CC)(C(N)C1CCCc2cccnc21)N(C)C. The third-order valence-electron chi connectivity index (χ3n) is 5.41. The zero-order valence-electron chi connectivity index (χ0n) is 13.4. The molecule has 0 aromatic carbocycles. The number of aryl methyl sites for hydroxylation is 1. The van der Waals surface area contributed by atoms with Gasteiger partial charge in [-0.15, -0.1) is 0 Å². The summed E-state index contributed by atoms with van der Waals surface area (Å²) in [5.41, 5.74) is 9.50. The minimum atomic E-state index is 0.0663. The molecule has 1 aromatic heterocycles. The number of hydrogen-bond acceptors (Lipinski definition) is 3. The minimum absolute atomic E-state index is 0.0663. The molecular weight excluding hydrogens is 246 g/mol. The molecule has 1 heterocycles. The Hall–Kier alpha value is -0.930. The first-order chi connectivity index (χ1) is 9.56. The van der Waals surface area contributed by atoms with Crippen molar-refractivity contribution in [2.75, 3.05) is 14.1 Å². The van der Waals surface area contributed by atoms with Crippen molar-refractivity contribution in [3.05, 3.63) is 29.6 Å². The normalized spacial score (nSPS) is 20.8. The van der Waals surface area contributed by atoms with Crippen LogP contribution in [0.15, 0.2) is 18.3 Å². The number of rotatable bonds is 5. The maximum absolute atomic E-state index is 6.78. The van der Waals surface area contributed by atoms with E-state index in [1.165, 1.54) is 24.1 Å². The Morgan fingerprint density at radius 3 is 2.70 bits per heavy atom. The molecule has 0 bridgehead atoms. The summed E-state index contributed by atoms with van der Waals surface area (Å²) in [6.45, 7) is 4.51. The predicted octanol–water partition coefficient (Wildman–Crippen LogP) is 2.95. The van der Waals surface area contributed by atoms with E-state index >= 15 is 0 Å². The first-order valence-corrected chi connectivity index (χ1v) is 7.93. The summed E-state index contributed by atoms with van der Waals surface area (Å²) in [5, 5.41) is 0. The van der Waals surface area contributed by atoms with Gasteiger partial charge in [0, 0.05) is 29.4 Å². The number of nitrogens with zero attached hydrogens (tertiary/aromatic N) is 2. The first kappa shape index (κ1) is 15.5. The van der Waals surface area contributed by atoms with Gasteiger partial charge in [-0.05, 0) is 57.8 Å². The lowest BCUT2D eigenvalue weighted by Gasteiger charge is -2.47. The zero-order valence-corrected chi connectivity index (χ0v) is 13.4. The molecule has 1 aliphatic carbocycles. The van der Waals surface area contributed by atoms with Gasteiger partial charge in [-0.3, -0.25) is 4.98 Å². The van der Waals surface area contributed by atoms with Crippen molar-refractivity contribution in [1.29, 1.82) is 0 Å². The van der Waals surface area contributed by atoms with Crippen LogP contribution in [0, 0.1) is 0 Å². The van der Waals surface area contributed by atoms with E-state index < -0.39 is 0 Å². The summed E-state index contributed by atoms with van der Waals surface area (Å²) in [7, 11) is 4.32. The smallest absolute Gasteiger partial charge is 0.0482 e. The predicted molar refractivity (Wildman–Crippen MR) is 84.9 cm³/mol. The van der Waals surface area contributed by atoms with Crippen LogP contribution in [0.1, 0.15) is 56.7 Å². The Labute approximate surface area is 123 Å². The molecule has 3 heteroatoms. The van der Waals surface area contributed by atoms with Gasteiger partial charge in [0.05, 0.1) is 0 Å². The summed E-state index contributed by atoms with van der Waals surface area (Å²) in [6.07, 6.45) is 7.63. The van der Waals surface area contributed by atoms with Crippen LogP contribution >= 0.6 is 0 Å². The van der Waals surface area contributed by atoms with Crippen molar-refractivity contribution in [1.82, 2.24) is 9.88 Å². The molecule has 3 nitrogen and oxygen atoms in total. The van der Waals surface area contributed by atoms with E-state index in [-0.39, 0.29) is 11.6 Å². The third-order valence-corrected chi connectivity index (χ3v) is 5.41. The highest BCUT2D eigenvalue weighted by Gasteiger charge is 2.42. The van der Waals surface area contributed by atoms with Crippen molar-refractivity contribution in [2.45, 2.75) is 63.5 Å². The van der Waals surface area contributed by atoms with Crippen LogP contribution < -0.4 is 5.73 Å². The van der Waals surface area contributed by atoms with E-state index in [2.05, 4.69) is 43.9 Å². The second-order valence-corrected chi connectivity index (χ2v) is 6.28. The van der Waals surface area contributed by atoms with E-state index in [4.69, 9.17) is 5.73 Å². The quantitative estimate of drug-likeness (QED) is 0.898. The van der Waals surface area contributed by atoms with Gasteiger partial charge in [-0.25, -0.2) is 0 Å². The van der Waals surface area contributed by atoms with Crippen LogP contribution in [0.3, 0.4) is 0 Å². The first-order valence-electron chi connectivity index (χ1n) is 7.93. The van der Waals surface area contributed by atoms with Gasteiger partial charge in [0.25, 0.3) is 0 Å². The minimum Gasteiger partial charge on any atom is -0.326 e. The monoisotopic (exact) mass is 275 g/mol. The summed E-state index contributed by atoms with van der Waals surface area (Å²) in [4.78, 5) is 6.99. The Morgan fingerprint density at radius 2 is 2.10 bits per heavy atom. The molecule has 1 aromatic rings. The highest BCUT2D eigenvalue weighted by atomic mass is 15.2. The van der Waals surface area contributed by atoms with Gasteiger partial charge < -0.3 is 10.6 Å². The zero-order chi connectivity index (χ0) is 14.8. The topological polar surface area (TPSA) is 42.1 Å². The molecule has 1 aliphatic rings. The van der Waals surface area contributed by atoms with E-state index in [0.717, 1.165) is 19.3 Å². The molecule has 0 amide bonds. The standard InChI is InChI=1S/C17H29N3/c1-5-17(6-2,20(3)4)16(18)14-11-7-9-13-10-8-12-19-15(13)14/h8,10,12,14,16H,5-7,9,11,18H2,1-4H3. The van der Waals surface area contributed by atoms with Gasteiger partial charge in [-0.1, -0.05) is 19.9 Å². The lowest BCUT2D eigenvalue weighted by molar-refractivity contribution is 0.0894. The van der Waals surface area contributed by atoms with Crippen LogP contribution in [-0.4, -0.2) is 35.6 Å². The van der Waals surface area contributed by atoms with Crippen molar-refractivity contribution < 1.29 is 0 Å². The molecule has 2 N–H and O–H groups in total. The van der Waals surface area contributed by atoms with Crippen LogP contribution in [-0.2, 0) is 6.42 Å². The van der Waals surface area contributed by atoms with Gasteiger partial charge in [0.2, 0.25) is 0 Å². The molecule has 2 unspecified atom stereocenters. The molecule has 20 heavy (non-hydrogen) atoms. The van der Waals surface area contributed by atoms with E-state index in [1.54, 1.807) is 0 Å². The number of likely N-dealkylation sites (N-methyl/N-ethyl adjacent to an activating group) is 1. The van der Waals surface area contributed by atoms with E-state index in [0.29, 0.717) is 5.92 Å². The van der Waals surface area contributed by atoms with Crippen LogP contribution in [0.4, 0.5) is 0 Å². The summed E-state index contributed by atoms with van der Waals surface area (Å²) >= 11 is 0. The lowest BCUT2D eigenvalue weighted by atomic mass is 9.71. The van der Waals surface area contributed by atoms with Crippen molar-refractivity contribution in [2.24, 2.45) is 5.73 Å². The van der Waals surface area contributed by atoms with Crippen molar-refractivity contribution in [3.63, 3.8) is 0 Å². The van der Waals surface area contributed by atoms with Crippen LogP contribution in [0.25, 0.3) is 0 Å². The van der Waals surface area contributed by atoms with Crippen molar-refractivity contribution >= 4 is 0 Å². The number of fused-ring (bicyclic) bond motifs is 1. The highest BCUT2D eigenvalue weighted by molar-refractivity contribution is 5.28. The number of nitrogens with two attached hydrogens (primary N) is 1. The highest BCUT2D eigenvalue weighted by Crippen LogP contribution is 2.39. The second-order valence-electron chi connectivity index (χ2n) is 6.28. The maximum atomic E-state index is 6.78. The Kier molecular flexibility index (Phi) is 4.82. The average Bonchev–Trinajstić information content (AvgIpc) is 2.48.